The van der Waals surface area contributed by atoms with Gasteiger partial charge in [0.05, 0.1) is 19.9 Å². The van der Waals surface area contributed by atoms with E-state index in [9.17, 15) is 9.18 Å². The van der Waals surface area contributed by atoms with Gasteiger partial charge in [0.15, 0.2) is 17.3 Å². The number of hydrogen-bond acceptors (Lipinski definition) is 3. The maximum Gasteiger partial charge on any atom is 0.185 e. The monoisotopic (exact) mass is 336 g/mol. The molecule has 0 fully saturated rings. The molecule has 0 amide bonds. The third kappa shape index (κ3) is 4.20. The Kier molecular flexibility index (Phi) is 5.04. The summed E-state index contributed by atoms with van der Waals surface area (Å²) in [6, 6.07) is 14.1. The van der Waals surface area contributed by atoms with Crippen molar-refractivity contribution in [2.24, 2.45) is 0 Å². The second-order valence-corrected chi connectivity index (χ2v) is 5.50. The summed E-state index contributed by atoms with van der Waals surface area (Å²) in [5.74, 6) is -0.725. The Labute approximate surface area is 145 Å². The van der Waals surface area contributed by atoms with Crippen LogP contribution in [-0.4, -0.2) is 22.7 Å². The van der Waals surface area contributed by atoms with Crippen LogP contribution in [-0.2, 0) is 6.54 Å². The Morgan fingerprint density at radius 3 is 2.76 bits per heavy atom. The Balaban J connectivity index is 1.68. The first-order valence-corrected chi connectivity index (χ1v) is 7.78. The minimum absolute atomic E-state index is 0.114. The first-order chi connectivity index (χ1) is 12.2. The van der Waals surface area contributed by atoms with Crippen molar-refractivity contribution in [3.8, 4) is 5.75 Å². The van der Waals surface area contributed by atoms with Crippen LogP contribution in [0.5, 0.6) is 5.75 Å². The van der Waals surface area contributed by atoms with Gasteiger partial charge < -0.3 is 4.74 Å². The van der Waals surface area contributed by atoms with E-state index in [1.165, 1.54) is 31.4 Å². The molecule has 4 nitrogen and oxygen atoms in total. The Morgan fingerprint density at radius 2 is 2.04 bits per heavy atom. The molecule has 0 saturated heterocycles. The summed E-state index contributed by atoms with van der Waals surface area (Å²) in [7, 11) is 1.38. The third-order valence-corrected chi connectivity index (χ3v) is 3.70. The Bertz CT molecular complexity index is 901. The van der Waals surface area contributed by atoms with Crippen LogP contribution in [0.25, 0.3) is 6.08 Å². The van der Waals surface area contributed by atoms with Gasteiger partial charge in [0, 0.05) is 17.3 Å². The molecule has 0 unspecified atom stereocenters. The summed E-state index contributed by atoms with van der Waals surface area (Å²) >= 11 is 0. The lowest BCUT2D eigenvalue weighted by molar-refractivity contribution is 0.104. The molecule has 126 valence electrons. The smallest absolute Gasteiger partial charge is 0.185 e. The molecule has 0 aliphatic rings. The van der Waals surface area contributed by atoms with Gasteiger partial charge in [-0.15, -0.1) is 0 Å². The van der Waals surface area contributed by atoms with E-state index in [0.717, 1.165) is 11.1 Å². The molecule has 0 radical (unpaired) electrons. The van der Waals surface area contributed by atoms with Crippen LogP contribution in [0.2, 0.25) is 0 Å². The number of halogens is 1. The van der Waals surface area contributed by atoms with Crippen LogP contribution in [0.3, 0.4) is 0 Å². The molecule has 3 rings (SSSR count). The van der Waals surface area contributed by atoms with E-state index in [1.807, 2.05) is 36.5 Å². The minimum Gasteiger partial charge on any atom is -0.494 e. The van der Waals surface area contributed by atoms with Crippen molar-refractivity contribution in [1.29, 1.82) is 0 Å². The molecule has 0 N–H and O–H groups in total. The van der Waals surface area contributed by atoms with Crippen LogP contribution in [0.4, 0.5) is 4.39 Å². The molecule has 5 heteroatoms. The van der Waals surface area contributed by atoms with E-state index < -0.39 is 5.82 Å². The fourth-order valence-corrected chi connectivity index (χ4v) is 2.41. The van der Waals surface area contributed by atoms with E-state index >= 15 is 0 Å². The second kappa shape index (κ2) is 7.57. The number of carbonyl (C=O) groups excluding carboxylic acids is 1. The van der Waals surface area contributed by atoms with Crippen LogP contribution in [0, 0.1) is 5.82 Å². The molecule has 0 aliphatic carbocycles. The van der Waals surface area contributed by atoms with Crippen LogP contribution < -0.4 is 4.74 Å². The molecule has 0 spiro atoms. The molecular weight excluding hydrogens is 319 g/mol. The quantitative estimate of drug-likeness (QED) is 0.505. The number of ketones is 1. The third-order valence-electron chi connectivity index (χ3n) is 3.70. The zero-order valence-corrected chi connectivity index (χ0v) is 13.7. The number of benzene rings is 2. The Morgan fingerprint density at radius 1 is 1.24 bits per heavy atom. The van der Waals surface area contributed by atoms with Gasteiger partial charge in [-0.05, 0) is 35.9 Å². The van der Waals surface area contributed by atoms with Gasteiger partial charge in [0.25, 0.3) is 0 Å². The molecule has 0 aliphatic heterocycles. The number of carbonyl (C=O) groups is 1. The van der Waals surface area contributed by atoms with Gasteiger partial charge in [-0.25, -0.2) is 4.39 Å². The van der Waals surface area contributed by atoms with Crippen molar-refractivity contribution >= 4 is 11.9 Å². The predicted octanol–water partition coefficient (Wildman–Crippen LogP) is 3.98. The lowest BCUT2D eigenvalue weighted by Gasteiger charge is -2.02. The van der Waals surface area contributed by atoms with Crippen LogP contribution in [0.1, 0.15) is 21.5 Å². The van der Waals surface area contributed by atoms with Crippen LogP contribution >= 0.6 is 0 Å². The normalized spacial score (nSPS) is 11.0. The van der Waals surface area contributed by atoms with Gasteiger partial charge in [-0.2, -0.15) is 5.10 Å². The van der Waals surface area contributed by atoms with Crippen LogP contribution in [0.15, 0.2) is 67.0 Å². The number of hydrogen-bond donors (Lipinski definition) is 0. The maximum absolute atomic E-state index is 13.7. The molecular formula is C20H17FN2O2. The van der Waals surface area contributed by atoms with E-state index in [1.54, 1.807) is 17.0 Å². The average molecular weight is 336 g/mol. The van der Waals surface area contributed by atoms with E-state index in [-0.39, 0.29) is 17.1 Å². The summed E-state index contributed by atoms with van der Waals surface area (Å²) in [5, 5.41) is 4.28. The van der Waals surface area contributed by atoms with Crippen molar-refractivity contribution in [1.82, 2.24) is 9.78 Å². The number of rotatable bonds is 6. The summed E-state index contributed by atoms with van der Waals surface area (Å²) in [4.78, 5) is 12.1. The topological polar surface area (TPSA) is 44.1 Å². The van der Waals surface area contributed by atoms with Crippen molar-refractivity contribution < 1.29 is 13.9 Å². The maximum atomic E-state index is 13.7. The lowest BCUT2D eigenvalue weighted by Crippen LogP contribution is -1.99. The molecule has 0 bridgehead atoms. The first-order valence-electron chi connectivity index (χ1n) is 7.78. The van der Waals surface area contributed by atoms with Crippen molar-refractivity contribution in [2.45, 2.75) is 6.54 Å². The van der Waals surface area contributed by atoms with Gasteiger partial charge in [-0.1, -0.05) is 30.3 Å². The SMILES string of the molecule is COc1ccc(C(=O)/C=C/c2cnn(Cc3ccccc3)c2)cc1F. The first kappa shape index (κ1) is 16.6. The summed E-state index contributed by atoms with van der Waals surface area (Å²) in [6.45, 7) is 0.659. The Hall–Kier alpha value is -3.21. The van der Waals surface area contributed by atoms with Crippen molar-refractivity contribution in [3.63, 3.8) is 0 Å². The molecule has 2 aromatic carbocycles. The predicted molar refractivity (Wildman–Crippen MR) is 94.1 cm³/mol. The standard InChI is InChI=1S/C20H17FN2O2/c1-25-20-10-8-17(11-18(20)21)19(24)9-7-16-12-22-23(14-16)13-15-5-3-2-4-6-15/h2-12,14H,13H2,1H3/b9-7+. The molecule has 1 heterocycles. The van der Waals surface area contributed by atoms with E-state index in [0.29, 0.717) is 6.54 Å². The fourth-order valence-electron chi connectivity index (χ4n) is 2.41. The highest BCUT2D eigenvalue weighted by atomic mass is 19.1. The molecule has 25 heavy (non-hydrogen) atoms. The van der Waals surface area contributed by atoms with Crippen molar-refractivity contribution in [2.75, 3.05) is 7.11 Å². The van der Waals surface area contributed by atoms with Gasteiger partial charge in [-0.3, -0.25) is 9.48 Å². The number of allylic oxidation sites excluding steroid dienone is 1. The number of nitrogens with zero attached hydrogens (tertiary/aromatic N) is 2. The summed E-state index contributed by atoms with van der Waals surface area (Å²) in [5.41, 5.74) is 2.22. The fraction of sp³-hybridized carbons (Fsp3) is 0.100. The number of ether oxygens (including phenoxy) is 1. The number of methoxy groups -OCH3 is 1. The highest BCUT2D eigenvalue weighted by Crippen LogP contribution is 2.18. The molecule has 0 atom stereocenters. The van der Waals surface area contributed by atoms with E-state index in [2.05, 4.69) is 5.10 Å². The molecule has 3 aromatic rings. The van der Waals surface area contributed by atoms with E-state index in [4.69, 9.17) is 4.74 Å². The van der Waals surface area contributed by atoms with Crippen molar-refractivity contribution in [3.05, 3.63) is 89.5 Å². The van der Waals surface area contributed by atoms with Gasteiger partial charge in [0.1, 0.15) is 0 Å². The zero-order valence-electron chi connectivity index (χ0n) is 13.7. The largest absolute Gasteiger partial charge is 0.494 e. The summed E-state index contributed by atoms with van der Waals surface area (Å²) in [6.07, 6.45) is 6.61. The summed E-state index contributed by atoms with van der Waals surface area (Å²) < 4.78 is 20.3. The minimum atomic E-state index is -0.558. The number of aromatic nitrogens is 2. The van der Waals surface area contributed by atoms with Gasteiger partial charge in [0.2, 0.25) is 0 Å². The molecule has 0 saturated carbocycles. The second-order valence-electron chi connectivity index (χ2n) is 5.50. The zero-order chi connectivity index (χ0) is 17.6. The molecule has 1 aromatic heterocycles. The highest BCUT2D eigenvalue weighted by molar-refractivity contribution is 6.06. The average Bonchev–Trinajstić information content (AvgIpc) is 3.08. The highest BCUT2D eigenvalue weighted by Gasteiger charge is 2.08. The lowest BCUT2D eigenvalue weighted by atomic mass is 10.1. The van der Waals surface area contributed by atoms with Gasteiger partial charge >= 0.3 is 0 Å².